The fourth-order valence-corrected chi connectivity index (χ4v) is 3.81. The van der Waals surface area contributed by atoms with Crippen LogP contribution >= 0.6 is 0 Å². The van der Waals surface area contributed by atoms with E-state index in [1.54, 1.807) is 0 Å². The second kappa shape index (κ2) is 4.87. The molecule has 1 N–H and O–H groups in total. The summed E-state index contributed by atoms with van der Waals surface area (Å²) < 4.78 is 0. The van der Waals surface area contributed by atoms with Gasteiger partial charge in [-0.05, 0) is 5.56 Å². The molecule has 0 aromatic heterocycles. The standard InChI is InChI=1S/C15H22N4/c1-2-4-13(5-3-1)12-19-11-10-18-9-8-17-7-6-16-14(17)15(18)19/h1-5,14-16H,6-12H2. The van der Waals surface area contributed by atoms with E-state index in [1.165, 1.54) is 38.3 Å². The van der Waals surface area contributed by atoms with E-state index in [0.29, 0.717) is 12.3 Å². The zero-order valence-electron chi connectivity index (χ0n) is 11.3. The van der Waals surface area contributed by atoms with Crippen molar-refractivity contribution >= 4 is 0 Å². The average molecular weight is 258 g/mol. The van der Waals surface area contributed by atoms with E-state index in [2.05, 4.69) is 50.3 Å². The van der Waals surface area contributed by atoms with Crippen molar-refractivity contribution in [2.75, 3.05) is 39.3 Å². The SMILES string of the molecule is c1ccc(CN2CCN3CCN4CCNC4C32)cc1. The van der Waals surface area contributed by atoms with E-state index in [9.17, 15) is 0 Å². The first-order chi connectivity index (χ1) is 9.42. The summed E-state index contributed by atoms with van der Waals surface area (Å²) in [7, 11) is 0. The van der Waals surface area contributed by atoms with E-state index >= 15 is 0 Å². The summed E-state index contributed by atoms with van der Waals surface area (Å²) in [5.74, 6) is 0. The van der Waals surface area contributed by atoms with Gasteiger partial charge in [0.15, 0.2) is 0 Å². The highest BCUT2D eigenvalue weighted by molar-refractivity contribution is 5.15. The van der Waals surface area contributed by atoms with Crippen molar-refractivity contribution in [1.29, 1.82) is 0 Å². The number of rotatable bonds is 2. The first kappa shape index (κ1) is 11.9. The molecule has 3 heterocycles. The molecular weight excluding hydrogens is 236 g/mol. The fraction of sp³-hybridized carbons (Fsp3) is 0.600. The molecule has 3 fully saturated rings. The van der Waals surface area contributed by atoms with Gasteiger partial charge in [0.1, 0.15) is 0 Å². The van der Waals surface area contributed by atoms with Crippen molar-refractivity contribution in [1.82, 2.24) is 20.0 Å². The van der Waals surface area contributed by atoms with Gasteiger partial charge in [-0.3, -0.25) is 20.0 Å². The smallest absolute Gasteiger partial charge is 0.0923 e. The number of piperazine rings is 1. The Morgan fingerprint density at radius 2 is 1.74 bits per heavy atom. The highest BCUT2D eigenvalue weighted by Gasteiger charge is 2.44. The molecule has 0 aliphatic carbocycles. The van der Waals surface area contributed by atoms with E-state index < -0.39 is 0 Å². The molecule has 3 aliphatic heterocycles. The number of nitrogens with zero attached hydrogens (tertiary/aromatic N) is 3. The molecule has 3 saturated heterocycles. The predicted molar refractivity (Wildman–Crippen MR) is 75.6 cm³/mol. The van der Waals surface area contributed by atoms with Crippen LogP contribution in [0.3, 0.4) is 0 Å². The van der Waals surface area contributed by atoms with Crippen molar-refractivity contribution in [3.05, 3.63) is 35.9 Å². The van der Waals surface area contributed by atoms with Crippen molar-refractivity contribution < 1.29 is 0 Å². The Kier molecular flexibility index (Phi) is 3.04. The molecule has 3 aliphatic rings. The summed E-state index contributed by atoms with van der Waals surface area (Å²) in [4.78, 5) is 7.91. The van der Waals surface area contributed by atoms with E-state index in [1.807, 2.05) is 0 Å². The number of hydrogen-bond acceptors (Lipinski definition) is 4. The molecule has 4 rings (SSSR count). The van der Waals surface area contributed by atoms with Crippen molar-refractivity contribution in [2.45, 2.75) is 18.9 Å². The number of nitrogens with one attached hydrogen (secondary N) is 1. The Bertz CT molecular complexity index is 435. The highest BCUT2D eigenvalue weighted by Crippen LogP contribution is 2.27. The predicted octanol–water partition coefficient (Wildman–Crippen LogP) is 0.375. The van der Waals surface area contributed by atoms with Crippen molar-refractivity contribution in [2.24, 2.45) is 0 Å². The molecule has 2 atom stereocenters. The quantitative estimate of drug-likeness (QED) is 0.827. The normalized spacial score (nSPS) is 32.4. The van der Waals surface area contributed by atoms with Crippen LogP contribution in [0.4, 0.5) is 0 Å². The minimum atomic E-state index is 0.542. The molecule has 2 unspecified atom stereocenters. The average Bonchev–Trinajstić information content (AvgIpc) is 3.06. The van der Waals surface area contributed by atoms with Gasteiger partial charge < -0.3 is 0 Å². The van der Waals surface area contributed by atoms with Gasteiger partial charge >= 0.3 is 0 Å². The Morgan fingerprint density at radius 3 is 2.63 bits per heavy atom. The topological polar surface area (TPSA) is 21.8 Å². The third-order valence-electron chi connectivity index (χ3n) is 4.75. The van der Waals surface area contributed by atoms with Crippen molar-refractivity contribution in [3.63, 3.8) is 0 Å². The maximum absolute atomic E-state index is 3.69. The molecule has 4 nitrogen and oxygen atoms in total. The molecule has 0 spiro atoms. The number of fused-ring (bicyclic) bond motifs is 3. The van der Waals surface area contributed by atoms with Crippen LogP contribution in [0.2, 0.25) is 0 Å². The van der Waals surface area contributed by atoms with E-state index in [-0.39, 0.29) is 0 Å². The molecular formula is C15H22N4. The Morgan fingerprint density at radius 1 is 0.947 bits per heavy atom. The lowest BCUT2D eigenvalue weighted by atomic mass is 10.2. The van der Waals surface area contributed by atoms with Gasteiger partial charge in [0.2, 0.25) is 0 Å². The summed E-state index contributed by atoms with van der Waals surface area (Å²) in [6, 6.07) is 10.9. The minimum Gasteiger partial charge on any atom is -0.298 e. The lowest BCUT2D eigenvalue weighted by molar-refractivity contribution is -0.00364. The Hall–Kier alpha value is -0.940. The van der Waals surface area contributed by atoms with Gasteiger partial charge in [-0.2, -0.15) is 0 Å². The van der Waals surface area contributed by atoms with Crippen molar-refractivity contribution in [3.8, 4) is 0 Å². The molecule has 0 amide bonds. The summed E-state index contributed by atoms with van der Waals surface area (Å²) in [6.07, 6.45) is 1.11. The molecule has 0 bridgehead atoms. The van der Waals surface area contributed by atoms with Gasteiger partial charge in [0, 0.05) is 45.8 Å². The third-order valence-corrected chi connectivity index (χ3v) is 4.75. The highest BCUT2D eigenvalue weighted by atomic mass is 15.5. The molecule has 1 aromatic rings. The summed E-state index contributed by atoms with van der Waals surface area (Å²) >= 11 is 0. The number of hydrogen-bond donors (Lipinski definition) is 1. The van der Waals surface area contributed by atoms with Crippen LogP contribution in [0, 0.1) is 0 Å². The Labute approximate surface area is 115 Å². The Balaban J connectivity index is 1.53. The van der Waals surface area contributed by atoms with E-state index in [0.717, 1.165) is 13.1 Å². The second-order valence-electron chi connectivity index (χ2n) is 5.84. The van der Waals surface area contributed by atoms with Gasteiger partial charge in [-0.15, -0.1) is 0 Å². The molecule has 1 aromatic carbocycles. The van der Waals surface area contributed by atoms with Gasteiger partial charge in [0.05, 0.1) is 12.3 Å². The van der Waals surface area contributed by atoms with Crippen LogP contribution in [0.1, 0.15) is 5.56 Å². The first-order valence-corrected chi connectivity index (χ1v) is 7.41. The van der Waals surface area contributed by atoms with Crippen LogP contribution in [0.15, 0.2) is 30.3 Å². The number of benzene rings is 1. The minimum absolute atomic E-state index is 0.542. The van der Waals surface area contributed by atoms with Crippen LogP contribution in [-0.2, 0) is 6.54 Å². The third kappa shape index (κ3) is 2.09. The van der Waals surface area contributed by atoms with E-state index in [4.69, 9.17) is 0 Å². The summed E-state index contributed by atoms with van der Waals surface area (Å²) in [5, 5.41) is 3.69. The molecule has 0 saturated carbocycles. The second-order valence-corrected chi connectivity index (χ2v) is 5.84. The maximum Gasteiger partial charge on any atom is 0.0923 e. The van der Waals surface area contributed by atoms with Crippen LogP contribution < -0.4 is 5.32 Å². The lowest BCUT2D eigenvalue weighted by Crippen LogP contribution is -2.62. The monoisotopic (exact) mass is 258 g/mol. The lowest BCUT2D eigenvalue weighted by Gasteiger charge is -2.43. The fourth-order valence-electron chi connectivity index (χ4n) is 3.81. The zero-order valence-corrected chi connectivity index (χ0v) is 11.3. The first-order valence-electron chi connectivity index (χ1n) is 7.41. The van der Waals surface area contributed by atoms with Crippen LogP contribution in [0.25, 0.3) is 0 Å². The largest absolute Gasteiger partial charge is 0.298 e. The molecule has 0 radical (unpaired) electrons. The molecule has 19 heavy (non-hydrogen) atoms. The van der Waals surface area contributed by atoms with Gasteiger partial charge in [-0.25, -0.2) is 0 Å². The van der Waals surface area contributed by atoms with Gasteiger partial charge in [0.25, 0.3) is 0 Å². The van der Waals surface area contributed by atoms with Gasteiger partial charge in [-0.1, -0.05) is 30.3 Å². The summed E-state index contributed by atoms with van der Waals surface area (Å²) in [5.41, 5.74) is 1.43. The van der Waals surface area contributed by atoms with Crippen LogP contribution in [-0.4, -0.2) is 66.3 Å². The molecule has 102 valence electrons. The molecule has 4 heteroatoms. The van der Waals surface area contributed by atoms with Crippen LogP contribution in [0.5, 0.6) is 0 Å². The zero-order chi connectivity index (χ0) is 12.7. The summed E-state index contributed by atoms with van der Waals surface area (Å²) in [6.45, 7) is 8.33. The maximum atomic E-state index is 3.69.